The molecule has 3 atom stereocenters. The summed E-state index contributed by atoms with van der Waals surface area (Å²) in [4.78, 5) is 6.17. The van der Waals surface area contributed by atoms with E-state index in [-0.39, 0.29) is 12.7 Å². The standard InChI is InChI=1S/C17H16O3S3/c18-9-12-10(19)8-11(20-12)13-3-4-16(22-13)17-6-5-15(23-17)14-2-1-7-21-14/h1-7,10-12,18-19H,8-9H2/t10-,11-,12+/m0/s1. The Morgan fingerprint density at radius 2 is 1.74 bits per heavy atom. The predicted octanol–water partition coefficient (Wildman–Crippen LogP) is 4.39. The summed E-state index contributed by atoms with van der Waals surface area (Å²) in [5.41, 5.74) is 0. The zero-order valence-electron chi connectivity index (χ0n) is 12.2. The Bertz CT molecular complexity index is 775. The first-order valence-corrected chi connectivity index (χ1v) is 9.94. The van der Waals surface area contributed by atoms with E-state index < -0.39 is 12.2 Å². The minimum Gasteiger partial charge on any atom is -0.394 e. The van der Waals surface area contributed by atoms with Crippen molar-refractivity contribution in [3.05, 3.63) is 46.7 Å². The average Bonchev–Trinajstić information content (AvgIpc) is 3.32. The van der Waals surface area contributed by atoms with Crippen LogP contribution in [0.5, 0.6) is 0 Å². The van der Waals surface area contributed by atoms with Crippen molar-refractivity contribution in [2.75, 3.05) is 6.61 Å². The summed E-state index contributed by atoms with van der Waals surface area (Å²) in [5.74, 6) is 0. The maximum atomic E-state index is 9.88. The van der Waals surface area contributed by atoms with Crippen molar-refractivity contribution in [2.45, 2.75) is 24.7 Å². The molecule has 0 radical (unpaired) electrons. The summed E-state index contributed by atoms with van der Waals surface area (Å²) >= 11 is 5.26. The Kier molecular flexibility index (Phi) is 4.36. The Morgan fingerprint density at radius 3 is 2.43 bits per heavy atom. The summed E-state index contributed by atoms with van der Waals surface area (Å²) in [6.45, 7) is -0.134. The second-order valence-electron chi connectivity index (χ2n) is 5.49. The van der Waals surface area contributed by atoms with Crippen molar-refractivity contribution in [3.63, 3.8) is 0 Å². The first-order valence-electron chi connectivity index (χ1n) is 7.43. The maximum absolute atomic E-state index is 9.88. The summed E-state index contributed by atoms with van der Waals surface area (Å²) in [6, 6.07) is 12.7. The third-order valence-electron chi connectivity index (χ3n) is 3.96. The number of rotatable bonds is 4. The van der Waals surface area contributed by atoms with Crippen molar-refractivity contribution in [3.8, 4) is 19.5 Å². The van der Waals surface area contributed by atoms with Gasteiger partial charge in [0.2, 0.25) is 0 Å². The van der Waals surface area contributed by atoms with Gasteiger partial charge in [0.15, 0.2) is 0 Å². The number of hydrogen-bond donors (Lipinski definition) is 2. The van der Waals surface area contributed by atoms with Crippen molar-refractivity contribution in [2.24, 2.45) is 0 Å². The molecule has 0 bridgehead atoms. The molecule has 0 aromatic carbocycles. The number of hydrogen-bond acceptors (Lipinski definition) is 6. The van der Waals surface area contributed by atoms with E-state index in [2.05, 4.69) is 41.8 Å². The highest BCUT2D eigenvalue weighted by Crippen LogP contribution is 2.42. The van der Waals surface area contributed by atoms with Crippen molar-refractivity contribution >= 4 is 34.0 Å². The minimum absolute atomic E-state index is 0.113. The highest BCUT2D eigenvalue weighted by atomic mass is 32.1. The zero-order chi connectivity index (χ0) is 15.8. The van der Waals surface area contributed by atoms with Gasteiger partial charge in [0.25, 0.3) is 0 Å². The molecule has 0 saturated carbocycles. The predicted molar refractivity (Wildman–Crippen MR) is 96.3 cm³/mol. The molecule has 120 valence electrons. The quantitative estimate of drug-likeness (QED) is 0.722. The normalized spacial score (nSPS) is 24.3. The number of aliphatic hydroxyl groups is 2. The molecule has 1 fully saturated rings. The fraction of sp³-hybridized carbons (Fsp3) is 0.294. The van der Waals surface area contributed by atoms with Crippen LogP contribution in [-0.4, -0.2) is 29.0 Å². The number of aliphatic hydroxyl groups excluding tert-OH is 2. The Balaban J connectivity index is 1.55. The zero-order valence-corrected chi connectivity index (χ0v) is 14.7. The van der Waals surface area contributed by atoms with Crippen LogP contribution in [0.15, 0.2) is 41.8 Å². The highest BCUT2D eigenvalue weighted by Gasteiger charge is 2.35. The molecule has 4 heterocycles. The third kappa shape index (κ3) is 3.03. The van der Waals surface area contributed by atoms with Gasteiger partial charge in [-0.2, -0.15) is 0 Å². The van der Waals surface area contributed by atoms with Gasteiger partial charge in [0.05, 0.1) is 18.8 Å². The van der Waals surface area contributed by atoms with E-state index >= 15 is 0 Å². The van der Waals surface area contributed by atoms with Gasteiger partial charge in [-0.3, -0.25) is 0 Å². The first-order chi connectivity index (χ1) is 11.2. The summed E-state index contributed by atoms with van der Waals surface area (Å²) < 4.78 is 5.74. The van der Waals surface area contributed by atoms with Gasteiger partial charge < -0.3 is 14.9 Å². The van der Waals surface area contributed by atoms with Crippen molar-refractivity contribution in [1.29, 1.82) is 0 Å². The monoisotopic (exact) mass is 364 g/mol. The topological polar surface area (TPSA) is 49.7 Å². The van der Waals surface area contributed by atoms with Crippen molar-refractivity contribution in [1.82, 2.24) is 0 Å². The van der Waals surface area contributed by atoms with Gasteiger partial charge in [0, 0.05) is 30.8 Å². The molecule has 3 aromatic heterocycles. The number of ether oxygens (including phenoxy) is 1. The molecule has 3 nitrogen and oxygen atoms in total. The lowest BCUT2D eigenvalue weighted by Crippen LogP contribution is -2.24. The SMILES string of the molecule is OC[C@H]1O[C@H](c2ccc(-c3ccc(-c4cccs4)s3)s2)C[C@@H]1O. The molecule has 23 heavy (non-hydrogen) atoms. The molecule has 1 aliphatic rings. The van der Waals surface area contributed by atoms with E-state index in [1.165, 1.54) is 19.5 Å². The molecular weight excluding hydrogens is 348 g/mol. The molecule has 0 aliphatic carbocycles. The molecular formula is C17H16O3S3. The molecule has 2 N–H and O–H groups in total. The van der Waals surface area contributed by atoms with Crippen LogP contribution in [0, 0.1) is 0 Å². The largest absolute Gasteiger partial charge is 0.394 e. The summed E-state index contributed by atoms with van der Waals surface area (Å²) in [7, 11) is 0. The van der Waals surface area contributed by atoms with Gasteiger partial charge in [0.1, 0.15) is 6.10 Å². The second kappa shape index (κ2) is 6.47. The Morgan fingerprint density at radius 1 is 1.00 bits per heavy atom. The van der Waals surface area contributed by atoms with Crippen LogP contribution in [0.3, 0.4) is 0 Å². The average molecular weight is 365 g/mol. The lowest BCUT2D eigenvalue weighted by molar-refractivity contribution is -0.0216. The van der Waals surface area contributed by atoms with Crippen molar-refractivity contribution < 1.29 is 14.9 Å². The fourth-order valence-electron chi connectivity index (χ4n) is 2.76. The van der Waals surface area contributed by atoms with E-state index in [0.717, 1.165) is 4.88 Å². The van der Waals surface area contributed by atoms with Crippen LogP contribution in [0.2, 0.25) is 0 Å². The third-order valence-corrected chi connectivity index (χ3v) is 7.48. The Labute approximate surface area is 146 Å². The van der Waals surface area contributed by atoms with Crippen LogP contribution in [0.1, 0.15) is 17.4 Å². The fourth-order valence-corrected chi connectivity index (χ4v) is 5.74. The molecule has 1 aliphatic heterocycles. The van der Waals surface area contributed by atoms with Crippen LogP contribution < -0.4 is 0 Å². The highest BCUT2D eigenvalue weighted by molar-refractivity contribution is 7.26. The number of thiophene rings is 3. The molecule has 4 rings (SSSR count). The second-order valence-corrected chi connectivity index (χ2v) is 8.64. The van der Waals surface area contributed by atoms with E-state index in [4.69, 9.17) is 4.74 Å². The van der Waals surface area contributed by atoms with Crippen LogP contribution in [-0.2, 0) is 4.74 Å². The molecule has 0 spiro atoms. The molecule has 3 aromatic rings. The maximum Gasteiger partial charge on any atom is 0.107 e. The van der Waals surface area contributed by atoms with E-state index in [0.29, 0.717) is 6.42 Å². The van der Waals surface area contributed by atoms with Crippen LogP contribution in [0.4, 0.5) is 0 Å². The van der Waals surface area contributed by atoms with Gasteiger partial charge >= 0.3 is 0 Å². The van der Waals surface area contributed by atoms with Gasteiger partial charge in [-0.05, 0) is 35.7 Å². The summed E-state index contributed by atoms with van der Waals surface area (Å²) in [6.07, 6.45) is -0.603. The first kappa shape index (κ1) is 15.5. The van der Waals surface area contributed by atoms with Gasteiger partial charge in [-0.15, -0.1) is 34.0 Å². The molecule has 1 saturated heterocycles. The van der Waals surface area contributed by atoms with E-state index in [1.807, 2.05) is 0 Å². The van der Waals surface area contributed by atoms with Crippen LogP contribution in [0.25, 0.3) is 19.5 Å². The molecule has 0 amide bonds. The molecule has 6 heteroatoms. The minimum atomic E-state index is -0.581. The van der Waals surface area contributed by atoms with E-state index in [1.54, 1.807) is 34.0 Å². The summed E-state index contributed by atoms with van der Waals surface area (Å²) in [5, 5.41) is 21.2. The lowest BCUT2D eigenvalue weighted by atomic mass is 10.1. The molecule has 0 unspecified atom stereocenters. The van der Waals surface area contributed by atoms with Gasteiger partial charge in [-0.1, -0.05) is 6.07 Å². The Hall–Kier alpha value is -1.02. The lowest BCUT2D eigenvalue weighted by Gasteiger charge is -2.10. The van der Waals surface area contributed by atoms with Gasteiger partial charge in [-0.25, -0.2) is 0 Å². The van der Waals surface area contributed by atoms with E-state index in [9.17, 15) is 10.2 Å². The smallest absolute Gasteiger partial charge is 0.107 e. The van der Waals surface area contributed by atoms with Crippen LogP contribution >= 0.6 is 34.0 Å².